The smallest absolute Gasteiger partial charge is 0.309 e. The zero-order chi connectivity index (χ0) is 18.6. The van der Waals surface area contributed by atoms with Gasteiger partial charge in [-0.2, -0.15) is 5.26 Å². The molecule has 2 aliphatic rings. The van der Waals surface area contributed by atoms with Crippen LogP contribution in [0.2, 0.25) is 0 Å². The first-order valence-corrected chi connectivity index (χ1v) is 10.7. The van der Waals surface area contributed by atoms with Crippen LogP contribution in [-0.4, -0.2) is 12.1 Å². The summed E-state index contributed by atoms with van der Waals surface area (Å²) in [5, 5.41) is 8.47. The standard InChI is InChI=1S/C23H35NO2/c1-2-3-5-8-19-10-14-21(15-11-19)23(25)26-22-16-12-20(13-17-22)9-6-4-7-18-24/h4,6-7,9,19-22H,2-3,5,8,10-17H2,1H3/b7-4?,9-6+. The molecule has 0 aromatic carbocycles. The summed E-state index contributed by atoms with van der Waals surface area (Å²) in [5.74, 6) is 1.59. The number of carbonyl (C=O) groups is 1. The van der Waals surface area contributed by atoms with Crippen molar-refractivity contribution in [2.45, 2.75) is 90.1 Å². The van der Waals surface area contributed by atoms with Gasteiger partial charge in [0.05, 0.1) is 12.0 Å². The number of rotatable bonds is 8. The van der Waals surface area contributed by atoms with Gasteiger partial charge in [-0.3, -0.25) is 4.79 Å². The van der Waals surface area contributed by atoms with E-state index in [-0.39, 0.29) is 18.0 Å². The number of carbonyl (C=O) groups excluding carboxylic acids is 1. The SMILES string of the molecule is CCCCCC1CCC(C(=O)OC2CCC(/C=C/C=CC#N)CC2)CC1. The quantitative estimate of drug-likeness (QED) is 0.228. The number of nitrogens with zero attached hydrogens (tertiary/aromatic N) is 1. The molecule has 0 N–H and O–H groups in total. The highest BCUT2D eigenvalue weighted by Gasteiger charge is 2.30. The molecule has 0 heterocycles. The van der Waals surface area contributed by atoms with Crippen LogP contribution in [0, 0.1) is 29.1 Å². The minimum atomic E-state index is 0.0629. The molecule has 0 aromatic rings. The Kier molecular flexibility index (Phi) is 9.53. The molecule has 2 aliphatic carbocycles. The van der Waals surface area contributed by atoms with E-state index < -0.39 is 0 Å². The van der Waals surface area contributed by atoms with E-state index in [9.17, 15) is 4.79 Å². The maximum atomic E-state index is 12.5. The van der Waals surface area contributed by atoms with Crippen LogP contribution in [0.15, 0.2) is 24.3 Å². The fourth-order valence-corrected chi connectivity index (χ4v) is 4.35. The predicted octanol–water partition coefficient (Wildman–Crippen LogP) is 6.11. The van der Waals surface area contributed by atoms with Crippen LogP contribution in [0.1, 0.15) is 84.0 Å². The normalized spacial score (nSPS) is 29.7. The Bertz CT molecular complexity index is 501. The Morgan fingerprint density at radius 2 is 1.77 bits per heavy atom. The van der Waals surface area contributed by atoms with Crippen molar-refractivity contribution in [2.24, 2.45) is 17.8 Å². The number of ether oxygens (including phenoxy) is 1. The summed E-state index contributed by atoms with van der Waals surface area (Å²) < 4.78 is 5.84. The van der Waals surface area contributed by atoms with E-state index in [2.05, 4.69) is 13.0 Å². The van der Waals surface area contributed by atoms with Crippen molar-refractivity contribution in [2.75, 3.05) is 0 Å². The maximum Gasteiger partial charge on any atom is 0.309 e. The first-order chi connectivity index (χ1) is 12.7. The average Bonchev–Trinajstić information content (AvgIpc) is 2.67. The van der Waals surface area contributed by atoms with Crippen molar-refractivity contribution in [1.29, 1.82) is 5.26 Å². The van der Waals surface area contributed by atoms with Gasteiger partial charge < -0.3 is 4.74 Å². The molecule has 2 saturated carbocycles. The van der Waals surface area contributed by atoms with Crippen LogP contribution in [0.5, 0.6) is 0 Å². The van der Waals surface area contributed by atoms with Crippen LogP contribution < -0.4 is 0 Å². The lowest BCUT2D eigenvalue weighted by molar-refractivity contribution is -0.157. The lowest BCUT2D eigenvalue weighted by Crippen LogP contribution is -2.29. The van der Waals surface area contributed by atoms with Gasteiger partial charge in [-0.1, -0.05) is 50.8 Å². The lowest BCUT2D eigenvalue weighted by atomic mass is 9.79. The first kappa shape index (κ1) is 20.7. The van der Waals surface area contributed by atoms with Crippen molar-refractivity contribution in [3.05, 3.63) is 24.3 Å². The van der Waals surface area contributed by atoms with Gasteiger partial charge in [0.15, 0.2) is 0 Å². The van der Waals surface area contributed by atoms with Crippen LogP contribution in [-0.2, 0) is 9.53 Å². The molecule has 0 bridgehead atoms. The van der Waals surface area contributed by atoms with Gasteiger partial charge in [-0.05, 0) is 63.2 Å². The summed E-state index contributed by atoms with van der Waals surface area (Å²) in [5.41, 5.74) is 0. The van der Waals surface area contributed by atoms with Gasteiger partial charge in [0.25, 0.3) is 0 Å². The molecule has 0 spiro atoms. The monoisotopic (exact) mass is 357 g/mol. The second kappa shape index (κ2) is 11.9. The zero-order valence-electron chi connectivity index (χ0n) is 16.4. The summed E-state index contributed by atoms with van der Waals surface area (Å²) in [7, 11) is 0. The maximum absolute atomic E-state index is 12.5. The minimum absolute atomic E-state index is 0.0629. The highest BCUT2D eigenvalue weighted by molar-refractivity contribution is 5.72. The van der Waals surface area contributed by atoms with Gasteiger partial charge >= 0.3 is 5.97 Å². The third kappa shape index (κ3) is 7.36. The van der Waals surface area contributed by atoms with Crippen LogP contribution in [0.3, 0.4) is 0 Å². The summed E-state index contributed by atoms with van der Waals surface area (Å²) in [6.07, 6.45) is 21.4. The molecule has 3 nitrogen and oxygen atoms in total. The third-order valence-electron chi connectivity index (χ3n) is 6.06. The summed E-state index contributed by atoms with van der Waals surface area (Å²) in [6, 6.07) is 1.99. The molecule has 0 amide bonds. The molecule has 0 atom stereocenters. The fraction of sp³-hybridized carbons (Fsp3) is 0.739. The van der Waals surface area contributed by atoms with Crippen LogP contribution in [0.4, 0.5) is 0 Å². The molecular weight excluding hydrogens is 322 g/mol. The van der Waals surface area contributed by atoms with Gasteiger partial charge in [0.1, 0.15) is 6.10 Å². The highest BCUT2D eigenvalue weighted by atomic mass is 16.5. The van der Waals surface area contributed by atoms with Gasteiger partial charge in [-0.25, -0.2) is 0 Å². The fourth-order valence-electron chi connectivity index (χ4n) is 4.35. The van der Waals surface area contributed by atoms with E-state index in [1.807, 2.05) is 12.1 Å². The molecule has 2 rings (SSSR count). The summed E-state index contributed by atoms with van der Waals surface area (Å²) in [6.45, 7) is 2.25. The number of esters is 1. The number of hydrogen-bond donors (Lipinski definition) is 0. The Morgan fingerprint density at radius 1 is 1.04 bits per heavy atom. The van der Waals surface area contributed by atoms with E-state index in [4.69, 9.17) is 10.00 Å². The predicted molar refractivity (Wildman–Crippen MR) is 105 cm³/mol. The first-order valence-electron chi connectivity index (χ1n) is 10.7. The molecule has 2 fully saturated rings. The van der Waals surface area contributed by atoms with E-state index in [1.54, 1.807) is 6.08 Å². The molecule has 3 heteroatoms. The molecule has 26 heavy (non-hydrogen) atoms. The van der Waals surface area contributed by atoms with Crippen molar-refractivity contribution in [3.63, 3.8) is 0 Å². The van der Waals surface area contributed by atoms with E-state index in [0.29, 0.717) is 5.92 Å². The van der Waals surface area contributed by atoms with Gasteiger partial charge in [0.2, 0.25) is 0 Å². The van der Waals surface area contributed by atoms with Gasteiger partial charge in [-0.15, -0.1) is 0 Å². The van der Waals surface area contributed by atoms with Crippen LogP contribution >= 0.6 is 0 Å². The molecule has 0 radical (unpaired) electrons. The Hall–Kier alpha value is -1.56. The molecule has 0 unspecified atom stereocenters. The lowest BCUT2D eigenvalue weighted by Gasteiger charge is -2.31. The van der Waals surface area contributed by atoms with E-state index in [1.165, 1.54) is 44.6 Å². The molecule has 0 aromatic heterocycles. The number of hydrogen-bond acceptors (Lipinski definition) is 3. The topological polar surface area (TPSA) is 50.1 Å². The number of unbranched alkanes of at least 4 members (excludes halogenated alkanes) is 2. The Morgan fingerprint density at radius 3 is 2.42 bits per heavy atom. The molecular formula is C23H35NO2. The third-order valence-corrected chi connectivity index (χ3v) is 6.06. The highest BCUT2D eigenvalue weighted by Crippen LogP contribution is 2.34. The Labute approximate surface area is 159 Å². The average molecular weight is 358 g/mol. The van der Waals surface area contributed by atoms with Crippen molar-refractivity contribution >= 4 is 5.97 Å². The Balaban J connectivity index is 1.63. The molecule has 0 aliphatic heterocycles. The second-order valence-corrected chi connectivity index (χ2v) is 8.06. The van der Waals surface area contributed by atoms with E-state index in [0.717, 1.165) is 44.4 Å². The number of nitriles is 1. The van der Waals surface area contributed by atoms with Gasteiger partial charge in [0, 0.05) is 6.08 Å². The largest absolute Gasteiger partial charge is 0.462 e. The number of allylic oxidation sites excluding steroid dienone is 4. The van der Waals surface area contributed by atoms with Crippen molar-refractivity contribution in [1.82, 2.24) is 0 Å². The second-order valence-electron chi connectivity index (χ2n) is 8.06. The molecule has 0 saturated heterocycles. The summed E-state index contributed by atoms with van der Waals surface area (Å²) in [4.78, 5) is 12.5. The summed E-state index contributed by atoms with van der Waals surface area (Å²) >= 11 is 0. The minimum Gasteiger partial charge on any atom is -0.462 e. The molecule has 144 valence electrons. The van der Waals surface area contributed by atoms with Crippen molar-refractivity contribution < 1.29 is 9.53 Å². The zero-order valence-corrected chi connectivity index (χ0v) is 16.4. The van der Waals surface area contributed by atoms with Crippen molar-refractivity contribution in [3.8, 4) is 6.07 Å². The van der Waals surface area contributed by atoms with Crippen LogP contribution in [0.25, 0.3) is 0 Å². The van der Waals surface area contributed by atoms with E-state index >= 15 is 0 Å².